The molecule has 5 rings (SSSR count). The van der Waals surface area contributed by atoms with Gasteiger partial charge in [0, 0.05) is 25.0 Å². The molecule has 132 valence electrons. The van der Waals surface area contributed by atoms with Crippen molar-refractivity contribution in [1.29, 1.82) is 0 Å². The average Bonchev–Trinajstić information content (AvgIpc) is 2.69. The summed E-state index contributed by atoms with van der Waals surface area (Å²) in [5, 5.41) is 11.9. The number of piperidine rings is 2. The van der Waals surface area contributed by atoms with Crippen molar-refractivity contribution in [2.75, 3.05) is 13.1 Å². The third-order valence-corrected chi connectivity index (χ3v) is 6.47. The molecule has 0 radical (unpaired) electrons. The molecule has 1 unspecified atom stereocenters. The van der Waals surface area contributed by atoms with Crippen molar-refractivity contribution < 1.29 is 5.11 Å². The van der Waals surface area contributed by atoms with Crippen molar-refractivity contribution in [2.45, 2.75) is 44.2 Å². The topological polar surface area (TPSA) is 23.5 Å². The SMILES string of the molecule is CC(CN1CC2CCC1CC2)C(O)(c1ccccc1)c1ccccc1. The first kappa shape index (κ1) is 16.8. The van der Waals surface area contributed by atoms with Gasteiger partial charge in [-0.3, -0.25) is 4.90 Å². The highest BCUT2D eigenvalue weighted by atomic mass is 16.3. The maximum absolute atomic E-state index is 11.9. The molecule has 2 aromatic carbocycles. The molecule has 3 fully saturated rings. The summed E-state index contributed by atoms with van der Waals surface area (Å²) in [5.41, 5.74) is 1.05. The zero-order chi connectivity index (χ0) is 17.3. The molecule has 3 aliphatic rings. The van der Waals surface area contributed by atoms with E-state index in [-0.39, 0.29) is 5.92 Å². The molecule has 2 saturated heterocycles. The van der Waals surface area contributed by atoms with Crippen molar-refractivity contribution in [2.24, 2.45) is 11.8 Å². The lowest BCUT2D eigenvalue weighted by molar-refractivity contribution is -0.0249. The van der Waals surface area contributed by atoms with Gasteiger partial charge in [-0.15, -0.1) is 0 Å². The van der Waals surface area contributed by atoms with Crippen LogP contribution in [0.5, 0.6) is 0 Å². The van der Waals surface area contributed by atoms with Gasteiger partial charge in [-0.05, 0) is 42.7 Å². The molecule has 2 nitrogen and oxygen atoms in total. The molecule has 25 heavy (non-hydrogen) atoms. The molecule has 2 bridgehead atoms. The summed E-state index contributed by atoms with van der Waals surface area (Å²) in [6.45, 7) is 4.39. The van der Waals surface area contributed by atoms with Crippen LogP contribution in [0.15, 0.2) is 60.7 Å². The number of aliphatic hydroxyl groups is 1. The van der Waals surface area contributed by atoms with E-state index in [1.165, 1.54) is 32.2 Å². The molecule has 1 aliphatic carbocycles. The highest BCUT2D eigenvalue weighted by molar-refractivity contribution is 5.36. The fourth-order valence-electron chi connectivity index (χ4n) is 5.00. The van der Waals surface area contributed by atoms with E-state index in [4.69, 9.17) is 0 Å². The van der Waals surface area contributed by atoms with E-state index in [0.717, 1.165) is 29.6 Å². The van der Waals surface area contributed by atoms with Crippen LogP contribution in [0.4, 0.5) is 0 Å². The average molecular weight is 335 g/mol. The summed E-state index contributed by atoms with van der Waals surface area (Å²) in [5.74, 6) is 1.01. The summed E-state index contributed by atoms with van der Waals surface area (Å²) in [6.07, 6.45) is 5.48. The second kappa shape index (κ2) is 6.93. The smallest absolute Gasteiger partial charge is 0.118 e. The molecule has 0 spiro atoms. The molecule has 1 N–H and O–H groups in total. The number of benzene rings is 2. The first-order chi connectivity index (χ1) is 12.2. The molecule has 1 saturated carbocycles. The van der Waals surface area contributed by atoms with E-state index >= 15 is 0 Å². The van der Waals surface area contributed by atoms with Gasteiger partial charge in [0.15, 0.2) is 0 Å². The Labute approximate surface area is 151 Å². The van der Waals surface area contributed by atoms with Crippen LogP contribution in [0.25, 0.3) is 0 Å². The van der Waals surface area contributed by atoms with Gasteiger partial charge in [-0.2, -0.15) is 0 Å². The lowest BCUT2D eigenvalue weighted by atomic mass is 9.75. The highest BCUT2D eigenvalue weighted by Gasteiger charge is 2.41. The van der Waals surface area contributed by atoms with Gasteiger partial charge in [0.25, 0.3) is 0 Å². The Hall–Kier alpha value is -1.64. The fourth-order valence-corrected chi connectivity index (χ4v) is 5.00. The van der Waals surface area contributed by atoms with Crippen LogP contribution in [0.1, 0.15) is 43.7 Å². The molecule has 2 aromatic rings. The van der Waals surface area contributed by atoms with Gasteiger partial charge in [0.1, 0.15) is 5.60 Å². The lowest BCUT2D eigenvalue weighted by Gasteiger charge is -2.48. The summed E-state index contributed by atoms with van der Waals surface area (Å²) < 4.78 is 0. The predicted molar refractivity (Wildman–Crippen MR) is 102 cm³/mol. The van der Waals surface area contributed by atoms with Gasteiger partial charge < -0.3 is 5.11 Å². The summed E-state index contributed by atoms with van der Waals surface area (Å²) in [6, 6.07) is 21.1. The Morgan fingerprint density at radius 2 is 1.44 bits per heavy atom. The second-order valence-electron chi connectivity index (χ2n) is 8.03. The van der Waals surface area contributed by atoms with E-state index in [1.54, 1.807) is 0 Å². The minimum atomic E-state index is -0.945. The quantitative estimate of drug-likeness (QED) is 0.873. The molecule has 0 aromatic heterocycles. The monoisotopic (exact) mass is 335 g/mol. The molecule has 2 heteroatoms. The van der Waals surface area contributed by atoms with Crippen LogP contribution in [-0.2, 0) is 5.60 Å². The van der Waals surface area contributed by atoms with Crippen LogP contribution >= 0.6 is 0 Å². The van der Waals surface area contributed by atoms with Gasteiger partial charge >= 0.3 is 0 Å². The van der Waals surface area contributed by atoms with Crippen molar-refractivity contribution in [3.63, 3.8) is 0 Å². The predicted octanol–water partition coefficient (Wildman–Crippen LogP) is 4.43. The molecular weight excluding hydrogens is 306 g/mol. The Bertz CT molecular complexity index is 636. The molecule has 2 heterocycles. The van der Waals surface area contributed by atoms with E-state index in [1.807, 2.05) is 36.4 Å². The number of hydrogen-bond donors (Lipinski definition) is 1. The summed E-state index contributed by atoms with van der Waals surface area (Å²) >= 11 is 0. The Morgan fingerprint density at radius 3 is 1.88 bits per heavy atom. The lowest BCUT2D eigenvalue weighted by Crippen LogP contribution is -2.52. The maximum atomic E-state index is 11.9. The van der Waals surface area contributed by atoms with Crippen LogP contribution in [-0.4, -0.2) is 29.1 Å². The first-order valence-electron chi connectivity index (χ1n) is 9.75. The van der Waals surface area contributed by atoms with Crippen molar-refractivity contribution in [1.82, 2.24) is 4.90 Å². The Kier molecular flexibility index (Phi) is 4.66. The van der Waals surface area contributed by atoms with Gasteiger partial charge in [0.2, 0.25) is 0 Å². The van der Waals surface area contributed by atoms with Crippen molar-refractivity contribution in [3.05, 3.63) is 71.8 Å². The molecular formula is C23H29NO. The highest BCUT2D eigenvalue weighted by Crippen LogP contribution is 2.40. The number of hydrogen-bond acceptors (Lipinski definition) is 2. The zero-order valence-electron chi connectivity index (χ0n) is 15.1. The van der Waals surface area contributed by atoms with Crippen LogP contribution < -0.4 is 0 Å². The molecule has 2 aliphatic heterocycles. The van der Waals surface area contributed by atoms with Crippen LogP contribution in [0, 0.1) is 11.8 Å². The Morgan fingerprint density at radius 1 is 0.920 bits per heavy atom. The van der Waals surface area contributed by atoms with Gasteiger partial charge in [-0.1, -0.05) is 67.6 Å². The third kappa shape index (κ3) is 3.14. The van der Waals surface area contributed by atoms with Crippen LogP contribution in [0.3, 0.4) is 0 Å². The van der Waals surface area contributed by atoms with E-state index in [9.17, 15) is 5.11 Å². The van der Waals surface area contributed by atoms with E-state index in [0.29, 0.717) is 0 Å². The van der Waals surface area contributed by atoms with Crippen LogP contribution in [0.2, 0.25) is 0 Å². The largest absolute Gasteiger partial charge is 0.380 e. The first-order valence-corrected chi connectivity index (χ1v) is 9.75. The van der Waals surface area contributed by atoms with E-state index < -0.39 is 5.60 Å². The molecule has 1 atom stereocenters. The van der Waals surface area contributed by atoms with Gasteiger partial charge in [0.05, 0.1) is 0 Å². The Balaban J connectivity index is 1.64. The van der Waals surface area contributed by atoms with E-state index in [2.05, 4.69) is 36.1 Å². The summed E-state index contributed by atoms with van der Waals surface area (Å²) in [7, 11) is 0. The normalized spacial score (nSPS) is 25.0. The third-order valence-electron chi connectivity index (χ3n) is 6.47. The zero-order valence-corrected chi connectivity index (χ0v) is 15.1. The van der Waals surface area contributed by atoms with Crippen molar-refractivity contribution >= 4 is 0 Å². The van der Waals surface area contributed by atoms with Crippen molar-refractivity contribution in [3.8, 4) is 0 Å². The minimum absolute atomic E-state index is 0.136. The number of nitrogens with zero attached hydrogens (tertiary/aromatic N) is 1. The number of fused-ring (bicyclic) bond motifs is 3. The second-order valence-corrected chi connectivity index (χ2v) is 8.03. The maximum Gasteiger partial charge on any atom is 0.118 e. The number of rotatable bonds is 5. The minimum Gasteiger partial charge on any atom is -0.380 e. The molecule has 0 amide bonds. The standard InChI is InChI=1S/C23H29NO/c1-18(16-24-17-19-12-14-22(24)15-13-19)23(25,20-8-4-2-5-9-20)21-10-6-3-7-11-21/h2-11,18-19,22,25H,12-17H2,1H3. The summed E-state index contributed by atoms with van der Waals surface area (Å²) in [4.78, 5) is 2.65. The van der Waals surface area contributed by atoms with Gasteiger partial charge in [-0.25, -0.2) is 0 Å². The fraction of sp³-hybridized carbons (Fsp3) is 0.478.